The third kappa shape index (κ3) is 3.39. The zero-order chi connectivity index (χ0) is 14.7. The second-order valence-electron chi connectivity index (χ2n) is 5.30. The molecule has 0 aliphatic heterocycles. The Morgan fingerprint density at radius 3 is 2.81 bits per heavy atom. The van der Waals surface area contributed by atoms with Gasteiger partial charge < -0.3 is 4.42 Å². The standard InChI is InChI=1S/C15H19N5O/c1-12(15-5-4-13(2)21-15)10-14-11-20(18-17-14)9-8-19-7-3-6-16-19/h3-7,11-12H,8-10H2,1-2H3/t12-/m1/s1. The minimum atomic E-state index is 0.301. The Balaban J connectivity index is 1.57. The van der Waals surface area contributed by atoms with Gasteiger partial charge in [-0.25, -0.2) is 0 Å². The van der Waals surface area contributed by atoms with Crippen LogP contribution in [-0.2, 0) is 19.5 Å². The molecule has 0 aliphatic rings. The minimum Gasteiger partial charge on any atom is -0.466 e. The Morgan fingerprint density at radius 1 is 1.24 bits per heavy atom. The first-order valence-corrected chi connectivity index (χ1v) is 7.13. The third-order valence-corrected chi connectivity index (χ3v) is 3.47. The second-order valence-corrected chi connectivity index (χ2v) is 5.30. The van der Waals surface area contributed by atoms with Crippen molar-refractivity contribution < 1.29 is 4.42 Å². The summed E-state index contributed by atoms with van der Waals surface area (Å²) in [5, 5.41) is 12.6. The average molecular weight is 285 g/mol. The summed E-state index contributed by atoms with van der Waals surface area (Å²) in [7, 11) is 0. The van der Waals surface area contributed by atoms with Gasteiger partial charge in [-0.3, -0.25) is 9.36 Å². The largest absolute Gasteiger partial charge is 0.466 e. The molecule has 0 aromatic carbocycles. The Labute approximate surface area is 123 Å². The van der Waals surface area contributed by atoms with Crippen molar-refractivity contribution in [2.45, 2.75) is 39.3 Å². The van der Waals surface area contributed by atoms with Crippen molar-refractivity contribution in [2.24, 2.45) is 0 Å². The van der Waals surface area contributed by atoms with Gasteiger partial charge in [0.15, 0.2) is 0 Å². The van der Waals surface area contributed by atoms with Crippen molar-refractivity contribution in [1.29, 1.82) is 0 Å². The van der Waals surface area contributed by atoms with Gasteiger partial charge in [0.1, 0.15) is 11.5 Å². The maximum Gasteiger partial charge on any atom is 0.107 e. The molecular formula is C15H19N5O. The lowest BCUT2D eigenvalue weighted by molar-refractivity contribution is 0.450. The minimum absolute atomic E-state index is 0.301. The van der Waals surface area contributed by atoms with E-state index in [2.05, 4.69) is 22.3 Å². The zero-order valence-corrected chi connectivity index (χ0v) is 12.3. The number of rotatable bonds is 6. The lowest BCUT2D eigenvalue weighted by Gasteiger charge is -2.05. The molecule has 0 amide bonds. The van der Waals surface area contributed by atoms with Gasteiger partial charge in [-0.2, -0.15) is 5.10 Å². The topological polar surface area (TPSA) is 61.7 Å². The first-order chi connectivity index (χ1) is 10.2. The fraction of sp³-hybridized carbons (Fsp3) is 0.400. The summed E-state index contributed by atoms with van der Waals surface area (Å²) in [5.41, 5.74) is 0.983. The van der Waals surface area contributed by atoms with Crippen LogP contribution in [0, 0.1) is 6.92 Å². The summed E-state index contributed by atoms with van der Waals surface area (Å²) < 4.78 is 9.40. The number of hydrogen-bond acceptors (Lipinski definition) is 4. The SMILES string of the molecule is Cc1ccc([C@H](C)Cc2cn(CCn3cccn3)nn2)o1. The van der Waals surface area contributed by atoms with Gasteiger partial charge in [-0.05, 0) is 25.1 Å². The monoisotopic (exact) mass is 285 g/mol. The maximum atomic E-state index is 5.65. The van der Waals surface area contributed by atoms with Crippen LogP contribution in [0.2, 0.25) is 0 Å². The van der Waals surface area contributed by atoms with E-state index < -0.39 is 0 Å². The van der Waals surface area contributed by atoms with Gasteiger partial charge in [-0.15, -0.1) is 5.10 Å². The van der Waals surface area contributed by atoms with E-state index in [0.717, 1.165) is 36.7 Å². The highest BCUT2D eigenvalue weighted by molar-refractivity contribution is 5.12. The molecule has 3 heterocycles. The molecular weight excluding hydrogens is 266 g/mol. The first kappa shape index (κ1) is 13.6. The number of aryl methyl sites for hydroxylation is 3. The van der Waals surface area contributed by atoms with Crippen LogP contribution in [0.3, 0.4) is 0 Å². The lowest BCUT2D eigenvalue weighted by Crippen LogP contribution is -2.08. The Hall–Kier alpha value is -2.37. The Morgan fingerprint density at radius 2 is 2.10 bits per heavy atom. The summed E-state index contributed by atoms with van der Waals surface area (Å²) >= 11 is 0. The molecule has 0 unspecified atom stereocenters. The Kier molecular flexibility index (Phi) is 3.85. The quantitative estimate of drug-likeness (QED) is 0.698. The highest BCUT2D eigenvalue weighted by Gasteiger charge is 2.12. The number of aromatic nitrogens is 5. The summed E-state index contributed by atoms with van der Waals surface area (Å²) in [5.74, 6) is 2.24. The van der Waals surface area contributed by atoms with E-state index in [4.69, 9.17) is 4.42 Å². The molecule has 0 saturated carbocycles. The fourth-order valence-corrected chi connectivity index (χ4v) is 2.31. The average Bonchev–Trinajstić information content (AvgIpc) is 3.17. The zero-order valence-electron chi connectivity index (χ0n) is 12.3. The van der Waals surface area contributed by atoms with Crippen LogP contribution < -0.4 is 0 Å². The molecule has 0 fully saturated rings. The molecule has 0 saturated heterocycles. The molecule has 21 heavy (non-hydrogen) atoms. The predicted molar refractivity (Wildman–Crippen MR) is 77.8 cm³/mol. The summed E-state index contributed by atoms with van der Waals surface area (Å²) in [6.45, 7) is 5.66. The van der Waals surface area contributed by atoms with Crippen LogP contribution in [0.25, 0.3) is 0 Å². The van der Waals surface area contributed by atoms with E-state index in [-0.39, 0.29) is 0 Å². The molecule has 0 N–H and O–H groups in total. The molecule has 0 radical (unpaired) electrons. The molecule has 6 nitrogen and oxygen atoms in total. The van der Waals surface area contributed by atoms with Gasteiger partial charge in [0.2, 0.25) is 0 Å². The normalized spacial score (nSPS) is 12.7. The molecule has 0 aliphatic carbocycles. The molecule has 3 rings (SSSR count). The van der Waals surface area contributed by atoms with E-state index >= 15 is 0 Å². The number of nitrogens with zero attached hydrogens (tertiary/aromatic N) is 5. The molecule has 6 heteroatoms. The molecule has 0 spiro atoms. The lowest BCUT2D eigenvalue weighted by atomic mass is 10.0. The first-order valence-electron chi connectivity index (χ1n) is 7.13. The van der Waals surface area contributed by atoms with Gasteiger partial charge in [0.25, 0.3) is 0 Å². The molecule has 1 atom stereocenters. The summed E-state index contributed by atoms with van der Waals surface area (Å²) in [6, 6.07) is 5.94. The van der Waals surface area contributed by atoms with Crippen molar-refractivity contribution in [1.82, 2.24) is 24.8 Å². The van der Waals surface area contributed by atoms with Crippen LogP contribution in [0.5, 0.6) is 0 Å². The van der Waals surface area contributed by atoms with Gasteiger partial charge in [-0.1, -0.05) is 12.1 Å². The smallest absolute Gasteiger partial charge is 0.107 e. The van der Waals surface area contributed by atoms with Gasteiger partial charge >= 0.3 is 0 Å². The van der Waals surface area contributed by atoms with E-state index in [0.29, 0.717) is 5.92 Å². The van der Waals surface area contributed by atoms with E-state index in [1.807, 2.05) is 46.9 Å². The van der Waals surface area contributed by atoms with E-state index in [1.165, 1.54) is 0 Å². The third-order valence-electron chi connectivity index (χ3n) is 3.47. The highest BCUT2D eigenvalue weighted by Crippen LogP contribution is 2.21. The maximum absolute atomic E-state index is 5.65. The Bertz CT molecular complexity index is 683. The van der Waals surface area contributed by atoms with Gasteiger partial charge in [0.05, 0.1) is 18.8 Å². The van der Waals surface area contributed by atoms with Crippen molar-refractivity contribution in [3.63, 3.8) is 0 Å². The number of furan rings is 1. The highest BCUT2D eigenvalue weighted by atomic mass is 16.3. The predicted octanol–water partition coefficient (Wildman–Crippen LogP) is 2.42. The van der Waals surface area contributed by atoms with Crippen molar-refractivity contribution >= 4 is 0 Å². The van der Waals surface area contributed by atoms with Crippen molar-refractivity contribution in [3.8, 4) is 0 Å². The van der Waals surface area contributed by atoms with Crippen molar-refractivity contribution in [3.05, 3.63) is 54.0 Å². The van der Waals surface area contributed by atoms with E-state index in [1.54, 1.807) is 6.20 Å². The van der Waals surface area contributed by atoms with Crippen LogP contribution >= 0.6 is 0 Å². The van der Waals surface area contributed by atoms with Gasteiger partial charge in [0, 0.05) is 30.9 Å². The molecule has 3 aromatic heterocycles. The fourth-order valence-electron chi connectivity index (χ4n) is 2.31. The van der Waals surface area contributed by atoms with Crippen LogP contribution in [0.15, 0.2) is 41.2 Å². The van der Waals surface area contributed by atoms with E-state index in [9.17, 15) is 0 Å². The van der Waals surface area contributed by atoms with Crippen LogP contribution in [0.4, 0.5) is 0 Å². The van der Waals surface area contributed by atoms with Crippen LogP contribution in [0.1, 0.15) is 30.1 Å². The number of hydrogen-bond donors (Lipinski definition) is 0. The molecule has 110 valence electrons. The van der Waals surface area contributed by atoms with Crippen LogP contribution in [-0.4, -0.2) is 24.8 Å². The summed E-state index contributed by atoms with van der Waals surface area (Å²) in [4.78, 5) is 0. The van der Waals surface area contributed by atoms with Crippen molar-refractivity contribution in [2.75, 3.05) is 0 Å². The molecule has 0 bridgehead atoms. The molecule has 3 aromatic rings. The summed E-state index contributed by atoms with van der Waals surface area (Å²) in [6.07, 6.45) is 6.55. The second kappa shape index (κ2) is 5.95.